The molecule has 1 heterocycles. The van der Waals surface area contributed by atoms with Gasteiger partial charge in [0.1, 0.15) is 11.3 Å². The molecule has 0 spiro atoms. The Balaban J connectivity index is 1.49. The fourth-order valence-corrected chi connectivity index (χ4v) is 5.56. The Morgan fingerprint density at radius 2 is 1.58 bits per heavy atom. The molecule has 48 heavy (non-hydrogen) atoms. The van der Waals surface area contributed by atoms with Crippen LogP contribution < -0.4 is 15.4 Å². The molecule has 3 N–H and O–H groups in total. The van der Waals surface area contributed by atoms with Crippen LogP contribution in [-0.2, 0) is 27.1 Å². The quantitative estimate of drug-likeness (QED) is 0.142. The first-order valence-corrected chi connectivity index (χ1v) is 15.2. The van der Waals surface area contributed by atoms with Crippen molar-refractivity contribution in [1.29, 1.82) is 0 Å². The summed E-state index contributed by atoms with van der Waals surface area (Å²) in [4.78, 5) is 40.3. The van der Waals surface area contributed by atoms with Gasteiger partial charge < -0.3 is 20.5 Å². The summed E-state index contributed by atoms with van der Waals surface area (Å²) >= 11 is 0. The maximum absolute atomic E-state index is 13.6. The summed E-state index contributed by atoms with van der Waals surface area (Å²) in [7, 11) is 0. The molecule has 0 bridgehead atoms. The molecule has 1 fully saturated rings. The number of hydrogen-bond donors (Lipinski definition) is 3. The molecule has 3 aromatic carbocycles. The van der Waals surface area contributed by atoms with Crippen LogP contribution in [0.1, 0.15) is 62.3 Å². The zero-order chi connectivity index (χ0) is 35.5. The number of imide groups is 1. The number of amides is 4. The van der Waals surface area contributed by atoms with Crippen molar-refractivity contribution in [2.75, 3.05) is 11.9 Å². The molecule has 8 nitrogen and oxygen atoms in total. The molecule has 0 aliphatic carbocycles. The Morgan fingerprint density at radius 3 is 2.15 bits per heavy atom. The smallest absolute Gasteiger partial charge is 0.430 e. The van der Waals surface area contributed by atoms with Gasteiger partial charge in [0, 0.05) is 24.2 Å². The van der Waals surface area contributed by atoms with Crippen LogP contribution in [0.25, 0.3) is 0 Å². The van der Waals surface area contributed by atoms with Crippen molar-refractivity contribution in [3.8, 4) is 5.75 Å². The number of benzene rings is 3. The zero-order valence-electron chi connectivity index (χ0n) is 26.3. The Hall–Kier alpha value is -4.59. The number of carbonyl (C=O) groups excluding carboxylic acids is 3. The van der Waals surface area contributed by atoms with E-state index in [-0.39, 0.29) is 49.6 Å². The van der Waals surface area contributed by atoms with Gasteiger partial charge in [-0.25, -0.2) is 4.79 Å². The minimum atomic E-state index is -6.08. The summed E-state index contributed by atoms with van der Waals surface area (Å²) in [5, 5.41) is 15.2. The Labute approximate surface area is 273 Å². The van der Waals surface area contributed by atoms with E-state index in [0.29, 0.717) is 29.0 Å². The van der Waals surface area contributed by atoms with Crippen LogP contribution in [0.2, 0.25) is 0 Å². The van der Waals surface area contributed by atoms with Crippen LogP contribution in [0, 0.1) is 0 Å². The van der Waals surface area contributed by atoms with E-state index < -0.39 is 46.9 Å². The number of nitrogens with zero attached hydrogens (tertiary/aromatic N) is 1. The lowest BCUT2D eigenvalue weighted by Gasteiger charge is -2.33. The van der Waals surface area contributed by atoms with E-state index in [1.807, 2.05) is 13.8 Å². The van der Waals surface area contributed by atoms with Gasteiger partial charge in [0.05, 0.1) is 6.10 Å². The number of urea groups is 1. The highest BCUT2D eigenvalue weighted by atomic mass is 19.4. The number of ether oxygens (including phenoxy) is 1. The van der Waals surface area contributed by atoms with Crippen molar-refractivity contribution >= 4 is 23.5 Å². The van der Waals surface area contributed by atoms with Crippen LogP contribution in [0.4, 0.5) is 36.8 Å². The number of hydrogen-bond acceptors (Lipinski definition) is 5. The highest BCUT2D eigenvalue weighted by molar-refractivity contribution is 6.07. The van der Waals surface area contributed by atoms with Crippen LogP contribution in [0.15, 0.2) is 72.8 Å². The van der Waals surface area contributed by atoms with E-state index >= 15 is 0 Å². The molecule has 0 radical (unpaired) electrons. The summed E-state index contributed by atoms with van der Waals surface area (Å²) < 4.78 is 87.3. The average Bonchev–Trinajstić information content (AvgIpc) is 3.26. The summed E-state index contributed by atoms with van der Waals surface area (Å²) in [6.07, 6.45) is -12.4. The Kier molecular flexibility index (Phi) is 10.5. The van der Waals surface area contributed by atoms with Gasteiger partial charge in [-0.3, -0.25) is 14.5 Å². The number of rotatable bonds is 12. The van der Waals surface area contributed by atoms with Gasteiger partial charge >= 0.3 is 18.4 Å². The topological polar surface area (TPSA) is 108 Å². The SMILES string of the molecule is CCC1(c2ccc(OC(C)C)cc2)NC(=O)N(CCCC(=O)Nc2ccc(C(O)(C(F)(F)F)C(F)(F)F)cc2Cc2ccccc2)C1=O. The first-order valence-electron chi connectivity index (χ1n) is 15.2. The van der Waals surface area contributed by atoms with Gasteiger partial charge in [-0.1, -0.05) is 55.5 Å². The molecule has 0 saturated carbocycles. The molecule has 258 valence electrons. The summed E-state index contributed by atoms with van der Waals surface area (Å²) in [5.74, 6) is -0.568. The average molecular weight is 680 g/mol. The van der Waals surface area contributed by atoms with Crippen LogP contribution in [-0.4, -0.2) is 52.9 Å². The molecular weight excluding hydrogens is 644 g/mol. The maximum Gasteiger partial charge on any atom is 0.430 e. The Morgan fingerprint density at radius 1 is 0.958 bits per heavy atom. The van der Waals surface area contributed by atoms with E-state index in [2.05, 4.69) is 10.6 Å². The number of anilines is 1. The molecule has 14 heteroatoms. The van der Waals surface area contributed by atoms with Crippen LogP contribution in [0.5, 0.6) is 5.75 Å². The van der Waals surface area contributed by atoms with Crippen LogP contribution in [0.3, 0.4) is 0 Å². The molecular formula is C34H35F6N3O5. The molecule has 1 unspecified atom stereocenters. The van der Waals surface area contributed by atoms with E-state index in [0.717, 1.165) is 11.0 Å². The third kappa shape index (κ3) is 7.28. The molecule has 4 rings (SSSR count). The van der Waals surface area contributed by atoms with E-state index in [4.69, 9.17) is 4.74 Å². The third-order valence-electron chi connectivity index (χ3n) is 8.07. The molecule has 1 saturated heterocycles. The second kappa shape index (κ2) is 13.9. The number of halogens is 6. The molecule has 1 aliphatic heterocycles. The van der Waals surface area contributed by atoms with Crippen molar-refractivity contribution in [3.05, 3.63) is 95.1 Å². The predicted molar refractivity (Wildman–Crippen MR) is 164 cm³/mol. The molecule has 1 aliphatic rings. The van der Waals surface area contributed by atoms with Crippen molar-refractivity contribution in [2.45, 2.75) is 76.1 Å². The lowest BCUT2D eigenvalue weighted by Crippen LogP contribution is -2.54. The lowest BCUT2D eigenvalue weighted by molar-refractivity contribution is -0.376. The van der Waals surface area contributed by atoms with E-state index in [1.54, 1.807) is 61.5 Å². The zero-order valence-corrected chi connectivity index (χ0v) is 26.3. The van der Waals surface area contributed by atoms with Crippen molar-refractivity contribution < 1.29 is 50.6 Å². The predicted octanol–water partition coefficient (Wildman–Crippen LogP) is 6.95. The second-order valence-corrected chi connectivity index (χ2v) is 11.7. The van der Waals surface area contributed by atoms with Crippen molar-refractivity contribution in [3.63, 3.8) is 0 Å². The molecule has 0 aromatic heterocycles. The van der Waals surface area contributed by atoms with E-state index in [9.17, 15) is 45.8 Å². The summed E-state index contributed by atoms with van der Waals surface area (Å²) in [6.45, 7) is 5.36. The normalized spacial score (nSPS) is 17.1. The van der Waals surface area contributed by atoms with Crippen molar-refractivity contribution in [2.24, 2.45) is 0 Å². The fourth-order valence-electron chi connectivity index (χ4n) is 5.56. The molecule has 3 aromatic rings. The minimum Gasteiger partial charge on any atom is -0.491 e. The van der Waals surface area contributed by atoms with Gasteiger partial charge in [0.2, 0.25) is 5.91 Å². The first-order chi connectivity index (χ1) is 22.4. The summed E-state index contributed by atoms with van der Waals surface area (Å²) in [5.41, 5.74) is -7.02. The van der Waals surface area contributed by atoms with Gasteiger partial charge in [0.25, 0.3) is 11.5 Å². The molecule has 1 atom stereocenters. The van der Waals surface area contributed by atoms with Crippen LogP contribution >= 0.6 is 0 Å². The third-order valence-corrected chi connectivity index (χ3v) is 8.07. The van der Waals surface area contributed by atoms with Gasteiger partial charge in [-0.15, -0.1) is 0 Å². The van der Waals surface area contributed by atoms with Gasteiger partial charge in [0.15, 0.2) is 0 Å². The Bertz CT molecular complexity index is 1610. The second-order valence-electron chi connectivity index (χ2n) is 11.7. The molecule has 4 amide bonds. The fraction of sp³-hybridized carbons (Fsp3) is 0.382. The number of nitrogens with one attached hydrogen (secondary N) is 2. The van der Waals surface area contributed by atoms with E-state index in [1.165, 1.54) is 0 Å². The number of aliphatic hydroxyl groups is 1. The maximum atomic E-state index is 13.6. The monoisotopic (exact) mass is 679 g/mol. The lowest BCUT2D eigenvalue weighted by atomic mass is 9.87. The summed E-state index contributed by atoms with van der Waals surface area (Å²) in [6, 6.07) is 16.2. The van der Waals surface area contributed by atoms with Gasteiger partial charge in [-0.05, 0) is 74.1 Å². The number of alkyl halides is 6. The largest absolute Gasteiger partial charge is 0.491 e. The highest BCUT2D eigenvalue weighted by Gasteiger charge is 2.71. The van der Waals surface area contributed by atoms with Gasteiger partial charge in [-0.2, -0.15) is 26.3 Å². The first kappa shape index (κ1) is 36.2. The standard InChI is InChI=1S/C34H35F6N3O5/c1-4-31(24-12-15-26(16-13-24)48-21(2)3)29(45)43(30(46)42-31)18-8-11-28(44)41-27-17-14-25(32(47,33(35,36)37)34(38,39)40)20-23(27)19-22-9-6-5-7-10-22/h5-7,9-10,12-17,20-21,47H,4,8,11,18-19H2,1-3H3,(H,41,44)(H,42,46). The van der Waals surface area contributed by atoms with Crippen molar-refractivity contribution in [1.82, 2.24) is 10.2 Å². The minimum absolute atomic E-state index is 0.0138. The number of carbonyl (C=O) groups is 3. The highest BCUT2D eigenvalue weighted by Crippen LogP contribution is 2.50.